The average Bonchev–Trinajstić information content (AvgIpc) is 2.48. The Morgan fingerprint density at radius 1 is 1.30 bits per heavy atom. The Balaban J connectivity index is 1.96. The first-order valence-electron chi connectivity index (χ1n) is 7.53. The monoisotopic (exact) mass is 279 g/mol. The minimum absolute atomic E-state index is 0.239. The maximum atomic E-state index is 9.91. The van der Waals surface area contributed by atoms with Gasteiger partial charge in [0.2, 0.25) is 0 Å². The van der Waals surface area contributed by atoms with E-state index in [0.29, 0.717) is 25.1 Å². The molecule has 1 aliphatic carbocycles. The smallest absolute Gasteiger partial charge is 0.120 e. The summed E-state index contributed by atoms with van der Waals surface area (Å²) in [5.74, 6) is 1.41. The van der Waals surface area contributed by atoms with Gasteiger partial charge in [0.1, 0.15) is 11.5 Å². The summed E-state index contributed by atoms with van der Waals surface area (Å²) in [6.45, 7) is 3.40. The van der Waals surface area contributed by atoms with Gasteiger partial charge in [0, 0.05) is 24.8 Å². The summed E-state index contributed by atoms with van der Waals surface area (Å²) in [4.78, 5) is 0. The first kappa shape index (κ1) is 15.1. The molecule has 0 aliphatic heterocycles. The number of ether oxygens (including phenoxy) is 1. The second-order valence-electron chi connectivity index (χ2n) is 5.44. The molecular weight excluding hydrogens is 254 g/mol. The van der Waals surface area contributed by atoms with Crippen molar-refractivity contribution in [2.75, 3.05) is 13.2 Å². The molecule has 2 unspecified atom stereocenters. The van der Waals surface area contributed by atoms with Crippen molar-refractivity contribution in [1.82, 2.24) is 5.32 Å². The van der Waals surface area contributed by atoms with Crippen molar-refractivity contribution in [3.8, 4) is 11.5 Å². The lowest BCUT2D eigenvalue weighted by molar-refractivity contribution is 0.152. The van der Waals surface area contributed by atoms with Crippen LogP contribution in [0.1, 0.15) is 38.2 Å². The minimum Gasteiger partial charge on any atom is -0.508 e. The number of phenols is 1. The molecule has 1 aromatic rings. The molecule has 0 spiro atoms. The molecule has 20 heavy (non-hydrogen) atoms. The van der Waals surface area contributed by atoms with E-state index in [1.807, 2.05) is 13.0 Å². The first-order valence-corrected chi connectivity index (χ1v) is 7.53. The van der Waals surface area contributed by atoms with Crippen LogP contribution in [0.4, 0.5) is 0 Å². The molecule has 112 valence electrons. The third-order valence-corrected chi connectivity index (χ3v) is 4.06. The molecule has 4 heteroatoms. The van der Waals surface area contributed by atoms with Crippen LogP contribution < -0.4 is 10.1 Å². The molecule has 0 aromatic heterocycles. The molecule has 1 saturated carbocycles. The van der Waals surface area contributed by atoms with Gasteiger partial charge in [-0.1, -0.05) is 12.8 Å². The molecular formula is C16H25NO3. The van der Waals surface area contributed by atoms with Crippen LogP contribution in [0.25, 0.3) is 0 Å². The molecule has 4 nitrogen and oxygen atoms in total. The summed E-state index contributed by atoms with van der Waals surface area (Å²) in [6.07, 6.45) is 4.59. The summed E-state index contributed by atoms with van der Waals surface area (Å²) < 4.78 is 5.46. The Bertz CT molecular complexity index is 422. The van der Waals surface area contributed by atoms with Crippen LogP contribution in [-0.4, -0.2) is 29.5 Å². The maximum Gasteiger partial charge on any atom is 0.120 e. The number of benzene rings is 1. The van der Waals surface area contributed by atoms with Crippen LogP contribution in [-0.2, 0) is 6.54 Å². The molecule has 1 aromatic carbocycles. The van der Waals surface area contributed by atoms with E-state index in [-0.39, 0.29) is 12.4 Å². The van der Waals surface area contributed by atoms with Crippen molar-refractivity contribution in [1.29, 1.82) is 0 Å². The van der Waals surface area contributed by atoms with Gasteiger partial charge in [-0.25, -0.2) is 0 Å². The quantitative estimate of drug-likeness (QED) is 0.748. The molecule has 3 N–H and O–H groups in total. The number of rotatable bonds is 6. The molecule has 2 rings (SSSR count). The van der Waals surface area contributed by atoms with Crippen molar-refractivity contribution in [3.05, 3.63) is 23.8 Å². The van der Waals surface area contributed by atoms with E-state index in [1.54, 1.807) is 12.1 Å². The Labute approximate surface area is 120 Å². The van der Waals surface area contributed by atoms with Crippen molar-refractivity contribution in [3.63, 3.8) is 0 Å². The van der Waals surface area contributed by atoms with Gasteiger partial charge < -0.3 is 20.3 Å². The predicted octanol–water partition coefficient (Wildman–Crippen LogP) is 2.43. The lowest BCUT2D eigenvalue weighted by atomic mass is 9.85. The fraction of sp³-hybridized carbons (Fsp3) is 0.625. The highest BCUT2D eigenvalue weighted by Gasteiger charge is 2.24. The van der Waals surface area contributed by atoms with Gasteiger partial charge >= 0.3 is 0 Å². The SMILES string of the molecule is CCOc1ccc(O)c(CNC2CCCCC2CO)c1. The number of hydrogen-bond donors (Lipinski definition) is 3. The maximum absolute atomic E-state index is 9.91. The number of phenolic OH excluding ortho intramolecular Hbond substituents is 1. The average molecular weight is 279 g/mol. The zero-order valence-corrected chi connectivity index (χ0v) is 12.1. The molecule has 0 saturated heterocycles. The second-order valence-corrected chi connectivity index (χ2v) is 5.44. The largest absolute Gasteiger partial charge is 0.508 e. The third kappa shape index (κ3) is 3.87. The van der Waals surface area contributed by atoms with E-state index in [1.165, 1.54) is 12.8 Å². The van der Waals surface area contributed by atoms with Gasteiger partial charge in [0.25, 0.3) is 0 Å². The zero-order valence-electron chi connectivity index (χ0n) is 12.1. The van der Waals surface area contributed by atoms with Crippen LogP contribution in [0.15, 0.2) is 18.2 Å². The van der Waals surface area contributed by atoms with Gasteiger partial charge in [0.15, 0.2) is 0 Å². The molecule has 0 bridgehead atoms. The van der Waals surface area contributed by atoms with E-state index in [9.17, 15) is 10.2 Å². The Kier molecular flexibility index (Phi) is 5.68. The number of aliphatic hydroxyl groups excluding tert-OH is 1. The summed E-state index contributed by atoms with van der Waals surface area (Å²) >= 11 is 0. The van der Waals surface area contributed by atoms with Crippen LogP contribution in [0.3, 0.4) is 0 Å². The van der Waals surface area contributed by atoms with E-state index in [2.05, 4.69) is 5.32 Å². The van der Waals surface area contributed by atoms with Crippen LogP contribution in [0.5, 0.6) is 11.5 Å². The molecule has 0 amide bonds. The number of nitrogens with one attached hydrogen (secondary N) is 1. The molecule has 1 aliphatic rings. The van der Waals surface area contributed by atoms with Gasteiger partial charge in [-0.3, -0.25) is 0 Å². The van der Waals surface area contributed by atoms with Crippen LogP contribution in [0, 0.1) is 5.92 Å². The third-order valence-electron chi connectivity index (χ3n) is 4.06. The van der Waals surface area contributed by atoms with Gasteiger partial charge in [-0.05, 0) is 43.9 Å². The first-order chi connectivity index (χ1) is 9.74. The predicted molar refractivity (Wildman–Crippen MR) is 78.9 cm³/mol. The summed E-state index contributed by atoms with van der Waals surface area (Å²) in [5, 5.41) is 22.8. The molecule has 0 heterocycles. The standard InChI is InChI=1S/C16H25NO3/c1-2-20-14-7-8-16(19)13(9-14)10-17-15-6-4-3-5-12(15)11-18/h7-9,12,15,17-19H,2-6,10-11H2,1H3. The van der Waals surface area contributed by atoms with Crippen molar-refractivity contribution >= 4 is 0 Å². The van der Waals surface area contributed by atoms with E-state index in [0.717, 1.165) is 24.2 Å². The van der Waals surface area contributed by atoms with Crippen LogP contribution >= 0.6 is 0 Å². The lowest BCUT2D eigenvalue weighted by Gasteiger charge is -2.31. The van der Waals surface area contributed by atoms with Crippen molar-refractivity contribution in [2.45, 2.75) is 45.2 Å². The molecule has 1 fully saturated rings. The molecule has 0 radical (unpaired) electrons. The topological polar surface area (TPSA) is 61.7 Å². The highest BCUT2D eigenvalue weighted by Crippen LogP contribution is 2.26. The van der Waals surface area contributed by atoms with Crippen molar-refractivity contribution in [2.24, 2.45) is 5.92 Å². The normalized spacial score (nSPS) is 22.7. The van der Waals surface area contributed by atoms with E-state index < -0.39 is 0 Å². The highest BCUT2D eigenvalue weighted by molar-refractivity contribution is 5.39. The Hall–Kier alpha value is -1.26. The van der Waals surface area contributed by atoms with Crippen LogP contribution in [0.2, 0.25) is 0 Å². The second kappa shape index (κ2) is 7.50. The number of hydrogen-bond acceptors (Lipinski definition) is 4. The number of aromatic hydroxyl groups is 1. The number of aliphatic hydroxyl groups is 1. The molecule has 2 atom stereocenters. The summed E-state index contributed by atoms with van der Waals surface area (Å²) in [5.41, 5.74) is 0.846. The van der Waals surface area contributed by atoms with E-state index >= 15 is 0 Å². The Morgan fingerprint density at radius 2 is 2.10 bits per heavy atom. The lowest BCUT2D eigenvalue weighted by Crippen LogP contribution is -2.39. The minimum atomic E-state index is 0.239. The van der Waals surface area contributed by atoms with E-state index in [4.69, 9.17) is 4.74 Å². The fourth-order valence-electron chi connectivity index (χ4n) is 2.90. The van der Waals surface area contributed by atoms with Gasteiger partial charge in [-0.15, -0.1) is 0 Å². The van der Waals surface area contributed by atoms with Crippen molar-refractivity contribution < 1.29 is 14.9 Å². The van der Waals surface area contributed by atoms with Gasteiger partial charge in [-0.2, -0.15) is 0 Å². The Morgan fingerprint density at radius 3 is 2.85 bits per heavy atom. The summed E-state index contributed by atoms with van der Waals surface area (Å²) in [7, 11) is 0. The fourth-order valence-corrected chi connectivity index (χ4v) is 2.90. The highest BCUT2D eigenvalue weighted by atomic mass is 16.5. The van der Waals surface area contributed by atoms with Gasteiger partial charge in [0.05, 0.1) is 6.61 Å². The summed E-state index contributed by atoms with van der Waals surface area (Å²) in [6, 6.07) is 5.66. The zero-order chi connectivity index (χ0) is 14.4.